The van der Waals surface area contributed by atoms with Crippen LogP contribution in [0.1, 0.15) is 33.1 Å². The highest BCUT2D eigenvalue weighted by Crippen LogP contribution is 2.23. The van der Waals surface area contributed by atoms with Gasteiger partial charge in [0.25, 0.3) is 0 Å². The lowest BCUT2D eigenvalue weighted by molar-refractivity contribution is -0.0274. The Morgan fingerprint density at radius 1 is 1.00 bits per heavy atom. The van der Waals surface area contributed by atoms with Gasteiger partial charge in [-0.05, 0) is 32.4 Å². The average Bonchev–Trinajstić information content (AvgIpc) is 2.38. The van der Waals surface area contributed by atoms with Crippen LogP contribution in [0.3, 0.4) is 0 Å². The molecule has 1 saturated heterocycles. The summed E-state index contributed by atoms with van der Waals surface area (Å²) in [4.78, 5) is 5.12. The van der Waals surface area contributed by atoms with Crippen molar-refractivity contribution in [2.24, 2.45) is 0 Å². The number of rotatable bonds is 8. The Bertz CT molecular complexity index is 236. The minimum atomic E-state index is 0.519. The van der Waals surface area contributed by atoms with Gasteiger partial charge in [0.1, 0.15) is 0 Å². The zero-order chi connectivity index (χ0) is 13.5. The lowest BCUT2D eigenvalue weighted by atomic mass is 9.89. The van der Waals surface area contributed by atoms with Crippen molar-refractivity contribution < 1.29 is 4.74 Å². The van der Waals surface area contributed by atoms with E-state index >= 15 is 0 Å². The summed E-state index contributed by atoms with van der Waals surface area (Å²) in [7, 11) is 0. The van der Waals surface area contributed by atoms with Gasteiger partial charge in [-0.2, -0.15) is 0 Å². The van der Waals surface area contributed by atoms with E-state index in [4.69, 9.17) is 4.74 Å². The zero-order valence-electron chi connectivity index (χ0n) is 12.7. The van der Waals surface area contributed by atoms with Crippen LogP contribution in [0.25, 0.3) is 0 Å². The first kappa shape index (κ1) is 15.2. The molecule has 2 fully saturated rings. The van der Waals surface area contributed by atoms with Gasteiger partial charge in [-0.3, -0.25) is 4.90 Å². The molecule has 1 aliphatic carbocycles. The van der Waals surface area contributed by atoms with E-state index in [0.29, 0.717) is 12.1 Å². The Labute approximate surface area is 118 Å². The fourth-order valence-corrected chi connectivity index (χ4v) is 3.06. The van der Waals surface area contributed by atoms with Gasteiger partial charge in [-0.25, -0.2) is 0 Å². The quantitative estimate of drug-likeness (QED) is 0.716. The minimum Gasteiger partial charge on any atom is -0.377 e. The second-order valence-corrected chi connectivity index (χ2v) is 5.90. The molecule has 0 spiro atoms. The summed E-state index contributed by atoms with van der Waals surface area (Å²) < 4.78 is 5.94. The van der Waals surface area contributed by atoms with Crippen LogP contribution in [0.2, 0.25) is 0 Å². The highest BCUT2D eigenvalue weighted by molar-refractivity contribution is 4.85. The van der Waals surface area contributed by atoms with Crippen LogP contribution in [-0.4, -0.2) is 74.4 Å². The van der Waals surface area contributed by atoms with Crippen LogP contribution in [0.4, 0.5) is 0 Å². The van der Waals surface area contributed by atoms with Crippen molar-refractivity contribution >= 4 is 0 Å². The van der Waals surface area contributed by atoms with Gasteiger partial charge in [-0.15, -0.1) is 0 Å². The second kappa shape index (κ2) is 8.20. The molecule has 0 atom stereocenters. The molecule has 1 N–H and O–H groups in total. The number of nitrogens with one attached hydrogen (secondary N) is 1. The van der Waals surface area contributed by atoms with Gasteiger partial charge in [0.2, 0.25) is 0 Å². The lowest BCUT2D eigenvalue weighted by Gasteiger charge is -2.37. The molecular weight excluding hydrogens is 238 g/mol. The summed E-state index contributed by atoms with van der Waals surface area (Å²) in [5.74, 6) is 0. The van der Waals surface area contributed by atoms with Gasteiger partial charge in [0.05, 0.1) is 12.7 Å². The average molecular weight is 269 g/mol. The van der Waals surface area contributed by atoms with E-state index in [-0.39, 0.29) is 0 Å². The van der Waals surface area contributed by atoms with Gasteiger partial charge in [-0.1, -0.05) is 13.8 Å². The lowest BCUT2D eigenvalue weighted by Crippen LogP contribution is -2.48. The van der Waals surface area contributed by atoms with E-state index in [9.17, 15) is 0 Å². The van der Waals surface area contributed by atoms with E-state index < -0.39 is 0 Å². The molecule has 19 heavy (non-hydrogen) atoms. The summed E-state index contributed by atoms with van der Waals surface area (Å²) in [5, 5.41) is 3.47. The SMILES string of the molecule is CCCN1CCN(CCOC2CC(NCC)C2)CC1. The smallest absolute Gasteiger partial charge is 0.0605 e. The van der Waals surface area contributed by atoms with Crippen molar-refractivity contribution in [1.82, 2.24) is 15.1 Å². The Balaban J connectivity index is 1.47. The molecule has 0 aromatic rings. The number of nitrogens with zero attached hydrogens (tertiary/aromatic N) is 2. The van der Waals surface area contributed by atoms with Crippen LogP contribution >= 0.6 is 0 Å². The molecule has 0 bridgehead atoms. The van der Waals surface area contributed by atoms with Crippen LogP contribution in [0.15, 0.2) is 0 Å². The number of ether oxygens (including phenoxy) is 1. The third-order valence-electron chi connectivity index (χ3n) is 4.35. The van der Waals surface area contributed by atoms with E-state index in [1.54, 1.807) is 0 Å². The Hall–Kier alpha value is -0.160. The first-order chi connectivity index (χ1) is 9.31. The maximum absolute atomic E-state index is 5.94. The molecule has 1 aliphatic heterocycles. The topological polar surface area (TPSA) is 27.7 Å². The van der Waals surface area contributed by atoms with Crippen LogP contribution in [0, 0.1) is 0 Å². The van der Waals surface area contributed by atoms with Crippen LogP contribution in [0.5, 0.6) is 0 Å². The predicted octanol–water partition coefficient (Wildman–Crippen LogP) is 1.17. The highest BCUT2D eigenvalue weighted by atomic mass is 16.5. The van der Waals surface area contributed by atoms with Gasteiger partial charge in [0.15, 0.2) is 0 Å². The number of hydrogen-bond donors (Lipinski definition) is 1. The zero-order valence-corrected chi connectivity index (χ0v) is 12.7. The normalized spacial score (nSPS) is 29.4. The first-order valence-corrected chi connectivity index (χ1v) is 8.11. The molecule has 112 valence electrons. The third kappa shape index (κ3) is 5.03. The standard InChI is InChI=1S/C15H31N3O/c1-3-5-17-6-8-18(9-7-17)10-11-19-15-12-14(13-15)16-4-2/h14-16H,3-13H2,1-2H3. The van der Waals surface area contributed by atoms with Gasteiger partial charge in [0, 0.05) is 38.8 Å². The first-order valence-electron chi connectivity index (χ1n) is 8.11. The van der Waals surface area contributed by atoms with Crippen LogP contribution in [-0.2, 0) is 4.74 Å². The largest absolute Gasteiger partial charge is 0.377 e. The van der Waals surface area contributed by atoms with E-state index in [1.807, 2.05) is 0 Å². The van der Waals surface area contributed by atoms with Gasteiger partial charge >= 0.3 is 0 Å². The molecule has 0 aromatic heterocycles. The van der Waals surface area contributed by atoms with Crippen molar-refractivity contribution in [3.05, 3.63) is 0 Å². The van der Waals surface area contributed by atoms with Crippen molar-refractivity contribution in [3.8, 4) is 0 Å². The van der Waals surface area contributed by atoms with E-state index in [0.717, 1.165) is 19.7 Å². The van der Waals surface area contributed by atoms with Crippen molar-refractivity contribution in [2.75, 3.05) is 52.4 Å². The highest BCUT2D eigenvalue weighted by Gasteiger charge is 2.28. The molecule has 4 nitrogen and oxygen atoms in total. The molecule has 1 saturated carbocycles. The van der Waals surface area contributed by atoms with Crippen molar-refractivity contribution in [2.45, 2.75) is 45.3 Å². The van der Waals surface area contributed by atoms with Crippen LogP contribution < -0.4 is 5.32 Å². The molecule has 2 rings (SSSR count). The third-order valence-corrected chi connectivity index (χ3v) is 4.35. The molecule has 4 heteroatoms. The molecule has 0 amide bonds. The molecular formula is C15H31N3O. The predicted molar refractivity (Wildman–Crippen MR) is 79.6 cm³/mol. The molecule has 1 heterocycles. The Morgan fingerprint density at radius 3 is 2.21 bits per heavy atom. The minimum absolute atomic E-state index is 0.519. The van der Waals surface area contributed by atoms with E-state index in [2.05, 4.69) is 29.0 Å². The fourth-order valence-electron chi connectivity index (χ4n) is 3.06. The monoisotopic (exact) mass is 269 g/mol. The number of piperazine rings is 1. The Morgan fingerprint density at radius 2 is 1.63 bits per heavy atom. The maximum Gasteiger partial charge on any atom is 0.0605 e. The number of hydrogen-bond acceptors (Lipinski definition) is 4. The fraction of sp³-hybridized carbons (Fsp3) is 1.00. The molecule has 0 radical (unpaired) electrons. The summed E-state index contributed by atoms with van der Waals surface area (Å²) in [5.41, 5.74) is 0. The molecule has 2 aliphatic rings. The molecule has 0 unspecified atom stereocenters. The van der Waals surface area contributed by atoms with Gasteiger partial charge < -0.3 is 15.0 Å². The molecule has 0 aromatic carbocycles. The summed E-state index contributed by atoms with van der Waals surface area (Å²) in [6.07, 6.45) is 4.21. The summed E-state index contributed by atoms with van der Waals surface area (Å²) in [6.45, 7) is 13.7. The summed E-state index contributed by atoms with van der Waals surface area (Å²) >= 11 is 0. The van der Waals surface area contributed by atoms with Crippen molar-refractivity contribution in [3.63, 3.8) is 0 Å². The van der Waals surface area contributed by atoms with E-state index in [1.165, 1.54) is 52.0 Å². The summed E-state index contributed by atoms with van der Waals surface area (Å²) in [6, 6.07) is 0.715. The maximum atomic E-state index is 5.94. The Kier molecular flexibility index (Phi) is 6.57. The second-order valence-electron chi connectivity index (χ2n) is 5.90. The van der Waals surface area contributed by atoms with Crippen molar-refractivity contribution in [1.29, 1.82) is 0 Å².